The molecule has 128 valence electrons. The molecule has 0 spiro atoms. The first-order valence-electron chi connectivity index (χ1n) is 8.44. The molecular weight excluding hydrogens is 324 g/mol. The minimum atomic E-state index is -0.165. The third-order valence-electron chi connectivity index (χ3n) is 4.22. The van der Waals surface area contributed by atoms with E-state index in [9.17, 15) is 4.79 Å². The number of pyridine rings is 1. The Morgan fingerprint density at radius 3 is 2.65 bits per heavy atom. The molecule has 5 heteroatoms. The lowest BCUT2D eigenvalue weighted by molar-refractivity contribution is 0.102. The van der Waals surface area contributed by atoms with Gasteiger partial charge in [-0.3, -0.25) is 9.78 Å². The number of carbonyl (C=O) groups is 1. The molecule has 0 fully saturated rings. The number of fused-ring (bicyclic) bond motifs is 1. The lowest BCUT2D eigenvalue weighted by Crippen LogP contribution is -2.17. The van der Waals surface area contributed by atoms with Gasteiger partial charge in [0, 0.05) is 17.1 Å². The molecule has 4 rings (SSSR count). The molecule has 0 bridgehead atoms. The summed E-state index contributed by atoms with van der Waals surface area (Å²) in [6, 6.07) is 21.3. The van der Waals surface area contributed by atoms with E-state index in [4.69, 9.17) is 0 Å². The van der Waals surface area contributed by atoms with Crippen molar-refractivity contribution >= 4 is 22.6 Å². The zero-order valence-corrected chi connectivity index (χ0v) is 14.4. The molecule has 0 unspecified atom stereocenters. The predicted octanol–water partition coefficient (Wildman–Crippen LogP) is 4.04. The van der Waals surface area contributed by atoms with E-state index < -0.39 is 0 Å². The Kier molecular flexibility index (Phi) is 4.19. The van der Waals surface area contributed by atoms with Crippen LogP contribution >= 0.6 is 0 Å². The van der Waals surface area contributed by atoms with Gasteiger partial charge in [0.2, 0.25) is 0 Å². The molecule has 26 heavy (non-hydrogen) atoms. The number of nitrogens with zero attached hydrogens (tertiary/aromatic N) is 3. The molecule has 2 heterocycles. The SMILES string of the molecule is Cc1cc(C(=O)Nc2ccnn2Cc2ccccc2)c2ccccc2n1. The van der Waals surface area contributed by atoms with Crippen LogP contribution in [0.2, 0.25) is 0 Å². The second-order valence-corrected chi connectivity index (χ2v) is 6.14. The molecule has 5 nitrogen and oxygen atoms in total. The van der Waals surface area contributed by atoms with Gasteiger partial charge in [-0.1, -0.05) is 48.5 Å². The minimum Gasteiger partial charge on any atom is -0.307 e. The Labute approximate surface area is 151 Å². The van der Waals surface area contributed by atoms with Gasteiger partial charge in [0.15, 0.2) is 0 Å². The molecule has 0 aliphatic carbocycles. The highest BCUT2D eigenvalue weighted by Gasteiger charge is 2.14. The molecule has 1 amide bonds. The van der Waals surface area contributed by atoms with E-state index in [2.05, 4.69) is 15.4 Å². The molecule has 2 aromatic heterocycles. The first-order valence-corrected chi connectivity index (χ1v) is 8.44. The first kappa shape index (κ1) is 16.0. The maximum atomic E-state index is 12.9. The van der Waals surface area contributed by atoms with Crippen LogP contribution in [0.1, 0.15) is 21.6 Å². The maximum Gasteiger partial charge on any atom is 0.257 e. The van der Waals surface area contributed by atoms with E-state index in [1.165, 1.54) is 0 Å². The van der Waals surface area contributed by atoms with Crippen molar-refractivity contribution in [3.05, 3.63) is 89.7 Å². The van der Waals surface area contributed by atoms with Crippen LogP contribution in [0.25, 0.3) is 10.9 Å². The minimum absolute atomic E-state index is 0.165. The Balaban J connectivity index is 1.63. The summed E-state index contributed by atoms with van der Waals surface area (Å²) in [5, 5.41) is 8.15. The number of amides is 1. The van der Waals surface area contributed by atoms with Crippen LogP contribution in [0.3, 0.4) is 0 Å². The number of hydrogen-bond donors (Lipinski definition) is 1. The molecule has 0 atom stereocenters. The second-order valence-electron chi connectivity index (χ2n) is 6.14. The van der Waals surface area contributed by atoms with E-state index in [1.54, 1.807) is 16.9 Å². The number of aryl methyl sites for hydroxylation is 1. The number of para-hydroxylation sites is 1. The maximum absolute atomic E-state index is 12.9. The monoisotopic (exact) mass is 342 g/mol. The number of hydrogen-bond acceptors (Lipinski definition) is 3. The fraction of sp³-hybridized carbons (Fsp3) is 0.0952. The van der Waals surface area contributed by atoms with Gasteiger partial charge in [-0.05, 0) is 24.6 Å². The average Bonchev–Trinajstić information content (AvgIpc) is 3.08. The predicted molar refractivity (Wildman–Crippen MR) is 102 cm³/mol. The van der Waals surface area contributed by atoms with Gasteiger partial charge in [-0.2, -0.15) is 5.10 Å². The van der Waals surface area contributed by atoms with Crippen LogP contribution in [-0.4, -0.2) is 20.7 Å². The Hall–Kier alpha value is -3.47. The van der Waals surface area contributed by atoms with Crippen LogP contribution in [0.4, 0.5) is 5.82 Å². The fourth-order valence-corrected chi connectivity index (χ4v) is 3.00. The van der Waals surface area contributed by atoms with Crippen LogP contribution < -0.4 is 5.32 Å². The molecule has 4 aromatic rings. The van der Waals surface area contributed by atoms with Crippen molar-refractivity contribution in [2.24, 2.45) is 0 Å². The van der Waals surface area contributed by atoms with E-state index in [-0.39, 0.29) is 5.91 Å². The first-order chi connectivity index (χ1) is 12.7. The number of rotatable bonds is 4. The fourth-order valence-electron chi connectivity index (χ4n) is 3.00. The molecule has 0 aliphatic heterocycles. The van der Waals surface area contributed by atoms with E-state index in [0.29, 0.717) is 17.9 Å². The zero-order chi connectivity index (χ0) is 17.9. The highest BCUT2D eigenvalue weighted by Crippen LogP contribution is 2.20. The average molecular weight is 342 g/mol. The summed E-state index contributed by atoms with van der Waals surface area (Å²) in [5.41, 5.74) is 3.36. The Bertz CT molecular complexity index is 1070. The standard InChI is InChI=1S/C21H18N4O/c1-15-13-18(17-9-5-6-10-19(17)23-15)21(26)24-20-11-12-22-25(20)14-16-7-3-2-4-8-16/h2-13H,14H2,1H3,(H,24,26). The summed E-state index contributed by atoms with van der Waals surface area (Å²) in [6.07, 6.45) is 1.69. The molecule has 0 aliphatic rings. The van der Waals surface area contributed by atoms with Crippen molar-refractivity contribution in [2.45, 2.75) is 13.5 Å². The van der Waals surface area contributed by atoms with Gasteiger partial charge in [-0.15, -0.1) is 0 Å². The number of nitrogens with one attached hydrogen (secondary N) is 1. The number of aromatic nitrogens is 3. The van der Waals surface area contributed by atoms with Crippen LogP contribution in [-0.2, 0) is 6.54 Å². The summed E-state index contributed by atoms with van der Waals surface area (Å²) < 4.78 is 1.78. The van der Waals surface area contributed by atoms with Crippen molar-refractivity contribution in [3.63, 3.8) is 0 Å². The van der Waals surface area contributed by atoms with Gasteiger partial charge in [0.1, 0.15) is 5.82 Å². The summed E-state index contributed by atoms with van der Waals surface area (Å²) in [5.74, 6) is 0.499. The largest absolute Gasteiger partial charge is 0.307 e. The van der Waals surface area contributed by atoms with Crippen molar-refractivity contribution in [1.29, 1.82) is 0 Å². The normalized spacial score (nSPS) is 10.8. The van der Waals surface area contributed by atoms with Crippen molar-refractivity contribution in [3.8, 4) is 0 Å². The van der Waals surface area contributed by atoms with Gasteiger partial charge < -0.3 is 5.32 Å². The van der Waals surface area contributed by atoms with E-state index in [0.717, 1.165) is 22.2 Å². The van der Waals surface area contributed by atoms with Crippen molar-refractivity contribution < 1.29 is 4.79 Å². The highest BCUT2D eigenvalue weighted by atomic mass is 16.1. The lowest BCUT2D eigenvalue weighted by Gasteiger charge is -2.11. The molecule has 0 radical (unpaired) electrons. The summed E-state index contributed by atoms with van der Waals surface area (Å²) in [7, 11) is 0. The Morgan fingerprint density at radius 2 is 1.81 bits per heavy atom. The molecule has 1 N–H and O–H groups in total. The molecular formula is C21H18N4O. The summed E-state index contributed by atoms with van der Waals surface area (Å²) in [4.78, 5) is 17.4. The molecule has 0 saturated heterocycles. The van der Waals surface area contributed by atoms with Crippen LogP contribution in [0, 0.1) is 6.92 Å². The summed E-state index contributed by atoms with van der Waals surface area (Å²) >= 11 is 0. The number of anilines is 1. The van der Waals surface area contributed by atoms with Gasteiger partial charge in [0.25, 0.3) is 5.91 Å². The van der Waals surface area contributed by atoms with Gasteiger partial charge >= 0.3 is 0 Å². The van der Waals surface area contributed by atoms with E-state index in [1.807, 2.05) is 67.6 Å². The quantitative estimate of drug-likeness (QED) is 0.609. The smallest absolute Gasteiger partial charge is 0.257 e. The Morgan fingerprint density at radius 1 is 1.04 bits per heavy atom. The third kappa shape index (κ3) is 3.19. The van der Waals surface area contributed by atoms with Crippen molar-refractivity contribution in [2.75, 3.05) is 5.32 Å². The third-order valence-corrected chi connectivity index (χ3v) is 4.22. The molecule has 0 saturated carbocycles. The second kappa shape index (κ2) is 6.80. The number of benzene rings is 2. The zero-order valence-electron chi connectivity index (χ0n) is 14.4. The number of carbonyl (C=O) groups excluding carboxylic acids is 1. The topological polar surface area (TPSA) is 59.8 Å². The van der Waals surface area contributed by atoms with Gasteiger partial charge in [-0.25, -0.2) is 4.68 Å². The van der Waals surface area contributed by atoms with Crippen LogP contribution in [0.15, 0.2) is 72.9 Å². The molecule has 2 aromatic carbocycles. The lowest BCUT2D eigenvalue weighted by atomic mass is 10.1. The van der Waals surface area contributed by atoms with Crippen molar-refractivity contribution in [1.82, 2.24) is 14.8 Å². The van der Waals surface area contributed by atoms with E-state index >= 15 is 0 Å². The summed E-state index contributed by atoms with van der Waals surface area (Å²) in [6.45, 7) is 2.49. The van der Waals surface area contributed by atoms with Gasteiger partial charge in [0.05, 0.1) is 23.8 Å². The highest BCUT2D eigenvalue weighted by molar-refractivity contribution is 6.12. The van der Waals surface area contributed by atoms with Crippen LogP contribution in [0.5, 0.6) is 0 Å².